The summed E-state index contributed by atoms with van der Waals surface area (Å²) in [5.41, 5.74) is 5.21. The van der Waals surface area contributed by atoms with Gasteiger partial charge < -0.3 is 27.6 Å². The molecule has 1 aromatic carbocycles. The molecule has 0 radical (unpaired) electrons. The van der Waals surface area contributed by atoms with E-state index in [1.165, 1.54) is 5.56 Å². The zero-order valence-electron chi connectivity index (χ0n) is 8.13. The Morgan fingerprint density at radius 3 is 2.79 bits per heavy atom. The second-order valence-corrected chi connectivity index (χ2v) is 3.50. The first kappa shape index (κ1) is 11.1. The van der Waals surface area contributed by atoms with Gasteiger partial charge in [0.15, 0.2) is 11.5 Å². The van der Waals surface area contributed by atoms with E-state index in [-0.39, 0.29) is 12.4 Å². The van der Waals surface area contributed by atoms with Gasteiger partial charge in [0.05, 0.1) is 6.04 Å². The first-order valence-electron chi connectivity index (χ1n) is 4.47. The van der Waals surface area contributed by atoms with E-state index in [2.05, 4.69) is 18.7 Å². The van der Waals surface area contributed by atoms with Crippen LogP contribution in [0.15, 0.2) is 18.2 Å². The van der Waals surface area contributed by atoms with Gasteiger partial charge in [-0.25, -0.2) is 0 Å². The number of hydrogen-bond acceptors (Lipinski definition) is 2. The second-order valence-electron chi connectivity index (χ2n) is 3.50. The molecule has 0 aliphatic carbocycles. The molecule has 1 aliphatic heterocycles. The van der Waals surface area contributed by atoms with E-state index >= 15 is 0 Å². The van der Waals surface area contributed by atoms with Gasteiger partial charge in [0.2, 0.25) is 6.79 Å². The van der Waals surface area contributed by atoms with Crippen LogP contribution in [0.3, 0.4) is 0 Å². The van der Waals surface area contributed by atoms with E-state index in [4.69, 9.17) is 9.47 Å². The second kappa shape index (κ2) is 4.53. The van der Waals surface area contributed by atoms with E-state index in [0.29, 0.717) is 12.8 Å². The van der Waals surface area contributed by atoms with Crippen molar-refractivity contribution in [1.82, 2.24) is 0 Å². The van der Waals surface area contributed by atoms with E-state index in [0.717, 1.165) is 17.9 Å². The summed E-state index contributed by atoms with van der Waals surface area (Å²) < 4.78 is 10.5. The lowest BCUT2D eigenvalue weighted by Gasteiger charge is -2.03. The van der Waals surface area contributed by atoms with Crippen LogP contribution in [0.5, 0.6) is 11.5 Å². The van der Waals surface area contributed by atoms with Crippen molar-refractivity contribution in [2.24, 2.45) is 0 Å². The number of fused-ring (bicyclic) bond motifs is 1. The van der Waals surface area contributed by atoms with Gasteiger partial charge >= 0.3 is 0 Å². The Balaban J connectivity index is 0.000000980. The van der Waals surface area contributed by atoms with E-state index in [1.54, 1.807) is 0 Å². The third kappa shape index (κ3) is 2.30. The molecule has 0 spiro atoms. The minimum absolute atomic E-state index is 0. The Morgan fingerprint density at radius 1 is 1.36 bits per heavy atom. The lowest BCUT2D eigenvalue weighted by Crippen LogP contribution is -3.00. The van der Waals surface area contributed by atoms with Gasteiger partial charge in [-0.15, -0.1) is 0 Å². The Labute approximate surface area is 89.6 Å². The maximum absolute atomic E-state index is 5.28. The summed E-state index contributed by atoms with van der Waals surface area (Å²) >= 11 is 0. The van der Waals surface area contributed by atoms with Gasteiger partial charge in [0, 0.05) is 6.42 Å². The minimum atomic E-state index is 0. The van der Waals surface area contributed by atoms with Gasteiger partial charge in [-0.3, -0.25) is 0 Å². The van der Waals surface area contributed by atoms with Crippen LogP contribution in [0.4, 0.5) is 0 Å². The highest BCUT2D eigenvalue weighted by Crippen LogP contribution is 2.32. The van der Waals surface area contributed by atoms with Gasteiger partial charge in [-0.05, 0) is 24.6 Å². The molecule has 0 bridgehead atoms. The van der Waals surface area contributed by atoms with Crippen molar-refractivity contribution in [1.29, 1.82) is 0 Å². The summed E-state index contributed by atoms with van der Waals surface area (Å²) in [6.07, 6.45) is 0.983. The number of rotatable bonds is 2. The average molecular weight is 216 g/mol. The fraction of sp³-hybridized carbons (Fsp3) is 0.400. The lowest BCUT2D eigenvalue weighted by molar-refractivity contribution is -0.413. The molecule has 4 heteroatoms. The number of ether oxygens (including phenoxy) is 2. The van der Waals surface area contributed by atoms with Crippen molar-refractivity contribution < 1.29 is 27.6 Å². The predicted octanol–water partition coefficient (Wildman–Crippen LogP) is -2.41. The van der Waals surface area contributed by atoms with Crippen LogP contribution in [0.25, 0.3) is 0 Å². The van der Waals surface area contributed by atoms with Crippen molar-refractivity contribution in [2.45, 2.75) is 19.4 Å². The molecule has 0 amide bonds. The van der Waals surface area contributed by atoms with Crippen LogP contribution in [0, 0.1) is 0 Å². The summed E-state index contributed by atoms with van der Waals surface area (Å²) in [5, 5.41) is 0. The molecule has 1 unspecified atom stereocenters. The topological polar surface area (TPSA) is 46.1 Å². The summed E-state index contributed by atoms with van der Waals surface area (Å²) in [6, 6.07) is 6.49. The molecule has 0 fully saturated rings. The van der Waals surface area contributed by atoms with Crippen LogP contribution in [-0.4, -0.2) is 12.8 Å². The molecule has 1 atom stereocenters. The molecular formula is C10H14ClNO2. The molecule has 14 heavy (non-hydrogen) atoms. The molecule has 3 nitrogen and oxygen atoms in total. The number of hydrogen-bond donors (Lipinski definition) is 1. The SMILES string of the molecule is CC([NH3+])Cc1ccc2c(c1)OCO2.[Cl-]. The van der Waals surface area contributed by atoms with Crippen LogP contribution in [0.1, 0.15) is 12.5 Å². The zero-order chi connectivity index (χ0) is 9.26. The van der Waals surface area contributed by atoms with Gasteiger partial charge in [0.1, 0.15) is 0 Å². The normalized spacial score (nSPS) is 14.7. The standard InChI is InChI=1S/C10H13NO2.ClH/c1-7(11)4-8-2-3-9-10(5-8)13-6-12-9;/h2-3,5,7H,4,6,11H2,1H3;1H. The van der Waals surface area contributed by atoms with Gasteiger partial charge in [-0.2, -0.15) is 0 Å². The lowest BCUT2D eigenvalue weighted by atomic mass is 10.1. The predicted molar refractivity (Wildman–Crippen MR) is 48.6 cm³/mol. The highest BCUT2D eigenvalue weighted by atomic mass is 35.5. The zero-order valence-corrected chi connectivity index (χ0v) is 8.88. The molecule has 1 aromatic rings. The molecule has 2 rings (SSSR count). The minimum Gasteiger partial charge on any atom is -1.00 e. The van der Waals surface area contributed by atoms with Crippen LogP contribution >= 0.6 is 0 Å². The maximum atomic E-state index is 5.28. The summed E-state index contributed by atoms with van der Waals surface area (Å²) in [5.74, 6) is 1.71. The summed E-state index contributed by atoms with van der Waals surface area (Å²) in [7, 11) is 0. The molecule has 1 aliphatic rings. The maximum Gasteiger partial charge on any atom is 0.231 e. The average Bonchev–Trinajstić information content (AvgIpc) is 2.49. The third-order valence-electron chi connectivity index (χ3n) is 2.02. The molecule has 0 aromatic heterocycles. The Hall–Kier alpha value is -0.930. The number of benzene rings is 1. The quantitative estimate of drug-likeness (QED) is 0.598. The molecule has 0 saturated carbocycles. The highest BCUT2D eigenvalue weighted by molar-refractivity contribution is 5.44. The first-order valence-corrected chi connectivity index (χ1v) is 4.47. The molecule has 1 heterocycles. The fourth-order valence-electron chi connectivity index (χ4n) is 1.47. The van der Waals surface area contributed by atoms with Crippen molar-refractivity contribution in [2.75, 3.05) is 6.79 Å². The Kier molecular flexibility index (Phi) is 3.61. The van der Waals surface area contributed by atoms with Crippen molar-refractivity contribution in [3.05, 3.63) is 23.8 Å². The Bertz CT molecular complexity index is 315. The first-order chi connectivity index (χ1) is 6.25. The number of halogens is 1. The van der Waals surface area contributed by atoms with E-state index in [1.807, 2.05) is 12.1 Å². The smallest absolute Gasteiger partial charge is 0.231 e. The van der Waals surface area contributed by atoms with Crippen molar-refractivity contribution in [3.8, 4) is 11.5 Å². The molecular weight excluding hydrogens is 202 g/mol. The number of quaternary nitrogens is 1. The van der Waals surface area contributed by atoms with E-state index < -0.39 is 0 Å². The largest absolute Gasteiger partial charge is 1.00 e. The third-order valence-corrected chi connectivity index (χ3v) is 2.02. The molecule has 78 valence electrons. The van der Waals surface area contributed by atoms with Crippen LogP contribution in [0.2, 0.25) is 0 Å². The molecule has 0 saturated heterocycles. The van der Waals surface area contributed by atoms with Crippen LogP contribution < -0.4 is 27.6 Å². The van der Waals surface area contributed by atoms with Crippen molar-refractivity contribution in [3.63, 3.8) is 0 Å². The monoisotopic (exact) mass is 215 g/mol. The Morgan fingerprint density at radius 2 is 2.07 bits per heavy atom. The summed E-state index contributed by atoms with van der Waals surface area (Å²) in [4.78, 5) is 0. The molecule has 3 N–H and O–H groups in total. The highest BCUT2D eigenvalue weighted by Gasteiger charge is 2.13. The van der Waals surface area contributed by atoms with E-state index in [9.17, 15) is 0 Å². The van der Waals surface area contributed by atoms with Crippen molar-refractivity contribution >= 4 is 0 Å². The summed E-state index contributed by atoms with van der Waals surface area (Å²) in [6.45, 7) is 2.45. The van der Waals surface area contributed by atoms with Gasteiger partial charge in [0.25, 0.3) is 0 Å². The fourth-order valence-corrected chi connectivity index (χ4v) is 1.47. The van der Waals surface area contributed by atoms with Gasteiger partial charge in [-0.1, -0.05) is 6.07 Å². The van der Waals surface area contributed by atoms with Crippen LogP contribution in [-0.2, 0) is 6.42 Å².